The molecule has 122 valence electrons. The lowest BCUT2D eigenvalue weighted by atomic mass is 10.1. The van der Waals surface area contributed by atoms with E-state index in [1.165, 1.54) is 12.1 Å². The van der Waals surface area contributed by atoms with Gasteiger partial charge < -0.3 is 15.4 Å². The number of nitro benzene ring substituents is 1. The van der Waals surface area contributed by atoms with Crippen LogP contribution in [0.25, 0.3) is 0 Å². The molecule has 0 aromatic heterocycles. The van der Waals surface area contributed by atoms with Crippen LogP contribution in [0.2, 0.25) is 0 Å². The number of rotatable bonds is 5. The quantitative estimate of drug-likeness (QED) is 0.635. The summed E-state index contributed by atoms with van der Waals surface area (Å²) in [7, 11) is 0. The molecule has 0 bridgehead atoms. The van der Waals surface area contributed by atoms with Gasteiger partial charge in [0.15, 0.2) is 5.75 Å². The Bertz CT molecular complexity index is 533. The van der Waals surface area contributed by atoms with Crippen molar-refractivity contribution in [3.8, 4) is 5.75 Å². The molecule has 1 aliphatic heterocycles. The van der Waals surface area contributed by atoms with E-state index in [1.54, 1.807) is 13.0 Å². The van der Waals surface area contributed by atoms with Crippen molar-refractivity contribution in [3.05, 3.63) is 33.9 Å². The highest BCUT2D eigenvalue weighted by Gasteiger charge is 2.21. The van der Waals surface area contributed by atoms with Crippen molar-refractivity contribution in [3.63, 3.8) is 0 Å². The third-order valence-electron chi connectivity index (χ3n) is 3.35. The maximum absolute atomic E-state index is 12.2. The van der Waals surface area contributed by atoms with Crippen molar-refractivity contribution in [2.45, 2.75) is 25.8 Å². The van der Waals surface area contributed by atoms with Crippen LogP contribution in [-0.2, 0) is 0 Å². The van der Waals surface area contributed by atoms with Crippen molar-refractivity contribution >= 4 is 24.0 Å². The van der Waals surface area contributed by atoms with Gasteiger partial charge in [-0.2, -0.15) is 0 Å². The standard InChI is InChI=1S/C14H19N3O4.ClH/c1-2-21-13-6-5-10(8-12(13)17(19)20)14(18)16-11-4-3-7-15-9-11;/h5-6,8,11,15H,2-4,7,9H2,1H3,(H,16,18);1H. The smallest absolute Gasteiger partial charge is 0.311 e. The molecule has 1 fully saturated rings. The van der Waals surface area contributed by atoms with Gasteiger partial charge in [-0.15, -0.1) is 12.4 Å². The van der Waals surface area contributed by atoms with Crippen molar-refractivity contribution in [1.29, 1.82) is 0 Å². The fourth-order valence-electron chi connectivity index (χ4n) is 2.32. The maximum atomic E-state index is 12.2. The number of ether oxygens (including phenoxy) is 1. The lowest BCUT2D eigenvalue weighted by molar-refractivity contribution is -0.385. The Morgan fingerprint density at radius 2 is 2.32 bits per heavy atom. The molecule has 7 nitrogen and oxygen atoms in total. The summed E-state index contributed by atoms with van der Waals surface area (Å²) in [6, 6.07) is 4.34. The molecular formula is C14H20ClN3O4. The topological polar surface area (TPSA) is 93.5 Å². The molecule has 1 aromatic carbocycles. The lowest BCUT2D eigenvalue weighted by Crippen LogP contribution is -2.45. The Morgan fingerprint density at radius 1 is 1.55 bits per heavy atom. The minimum atomic E-state index is -0.538. The van der Waals surface area contributed by atoms with Crippen LogP contribution in [-0.4, -0.2) is 36.6 Å². The molecule has 0 spiro atoms. The van der Waals surface area contributed by atoms with Crippen LogP contribution < -0.4 is 15.4 Å². The number of amides is 1. The summed E-state index contributed by atoms with van der Waals surface area (Å²) >= 11 is 0. The highest BCUT2D eigenvalue weighted by atomic mass is 35.5. The second-order valence-corrected chi connectivity index (χ2v) is 4.89. The number of nitro groups is 1. The number of hydrogen-bond donors (Lipinski definition) is 2. The monoisotopic (exact) mass is 329 g/mol. The summed E-state index contributed by atoms with van der Waals surface area (Å²) < 4.78 is 5.20. The molecule has 1 saturated heterocycles. The zero-order chi connectivity index (χ0) is 15.2. The van der Waals surface area contributed by atoms with Crippen LogP contribution in [0.15, 0.2) is 18.2 Å². The van der Waals surface area contributed by atoms with Gasteiger partial charge in [0.25, 0.3) is 5.91 Å². The Kier molecular flexibility index (Phi) is 7.07. The number of nitrogens with one attached hydrogen (secondary N) is 2. The van der Waals surface area contributed by atoms with E-state index in [-0.39, 0.29) is 41.4 Å². The summed E-state index contributed by atoms with van der Waals surface area (Å²) in [6.07, 6.45) is 1.92. The second-order valence-electron chi connectivity index (χ2n) is 4.89. The third-order valence-corrected chi connectivity index (χ3v) is 3.35. The van der Waals surface area contributed by atoms with Crippen LogP contribution in [0.4, 0.5) is 5.69 Å². The lowest BCUT2D eigenvalue weighted by Gasteiger charge is -2.23. The van der Waals surface area contributed by atoms with Gasteiger partial charge in [-0.05, 0) is 38.4 Å². The van der Waals surface area contributed by atoms with Crippen molar-refractivity contribution in [2.75, 3.05) is 19.7 Å². The van der Waals surface area contributed by atoms with Crippen LogP contribution in [0.1, 0.15) is 30.1 Å². The summed E-state index contributed by atoms with van der Waals surface area (Å²) in [5, 5.41) is 17.1. The number of nitrogens with zero attached hydrogens (tertiary/aromatic N) is 1. The first-order valence-corrected chi connectivity index (χ1v) is 7.04. The van der Waals surface area contributed by atoms with E-state index in [9.17, 15) is 14.9 Å². The number of piperidine rings is 1. The van der Waals surface area contributed by atoms with E-state index >= 15 is 0 Å². The largest absolute Gasteiger partial charge is 0.487 e. The Hall–Kier alpha value is -1.86. The molecule has 1 aromatic rings. The van der Waals surface area contributed by atoms with E-state index < -0.39 is 4.92 Å². The molecular weight excluding hydrogens is 310 g/mol. The number of hydrogen-bond acceptors (Lipinski definition) is 5. The number of halogens is 1. The molecule has 8 heteroatoms. The molecule has 1 heterocycles. The van der Waals surface area contributed by atoms with Crippen LogP contribution in [0, 0.1) is 10.1 Å². The van der Waals surface area contributed by atoms with Gasteiger partial charge in [-0.25, -0.2) is 0 Å². The van der Waals surface area contributed by atoms with E-state index in [1.807, 2.05) is 0 Å². The average molecular weight is 330 g/mol. The molecule has 1 aliphatic rings. The minimum Gasteiger partial charge on any atom is -0.487 e. The Labute approximate surface area is 135 Å². The van der Waals surface area contributed by atoms with Crippen LogP contribution in [0.5, 0.6) is 5.75 Å². The molecule has 2 N–H and O–H groups in total. The predicted octanol–water partition coefficient (Wildman–Crippen LogP) is 1.90. The number of carbonyl (C=O) groups excluding carboxylic acids is 1. The zero-order valence-electron chi connectivity index (χ0n) is 12.3. The number of carbonyl (C=O) groups is 1. The average Bonchev–Trinajstić information content (AvgIpc) is 2.48. The van der Waals surface area contributed by atoms with Gasteiger partial charge in [0, 0.05) is 24.2 Å². The molecule has 0 aliphatic carbocycles. The molecule has 1 unspecified atom stereocenters. The second kappa shape index (κ2) is 8.55. The predicted molar refractivity (Wildman–Crippen MR) is 84.9 cm³/mol. The fraction of sp³-hybridized carbons (Fsp3) is 0.500. The normalized spacial score (nSPS) is 17.2. The fourth-order valence-corrected chi connectivity index (χ4v) is 2.32. The van der Waals surface area contributed by atoms with E-state index in [0.717, 1.165) is 25.9 Å². The maximum Gasteiger partial charge on any atom is 0.311 e. The number of benzene rings is 1. The minimum absolute atomic E-state index is 0. The summed E-state index contributed by atoms with van der Waals surface area (Å²) in [4.78, 5) is 22.7. The Balaban J connectivity index is 0.00000242. The van der Waals surface area contributed by atoms with Gasteiger partial charge in [0.05, 0.1) is 11.5 Å². The molecule has 0 radical (unpaired) electrons. The van der Waals surface area contributed by atoms with Crippen molar-refractivity contribution in [1.82, 2.24) is 10.6 Å². The van der Waals surface area contributed by atoms with E-state index in [0.29, 0.717) is 6.61 Å². The third kappa shape index (κ3) is 4.57. The van der Waals surface area contributed by atoms with Gasteiger partial charge in [-0.1, -0.05) is 0 Å². The highest BCUT2D eigenvalue weighted by molar-refractivity contribution is 5.95. The van der Waals surface area contributed by atoms with Gasteiger partial charge in [-0.3, -0.25) is 14.9 Å². The van der Waals surface area contributed by atoms with Crippen molar-refractivity contribution in [2.24, 2.45) is 0 Å². The molecule has 1 atom stereocenters. The van der Waals surface area contributed by atoms with E-state index in [2.05, 4.69) is 10.6 Å². The summed E-state index contributed by atoms with van der Waals surface area (Å²) in [5.74, 6) is -0.117. The van der Waals surface area contributed by atoms with Gasteiger partial charge in [0.2, 0.25) is 0 Å². The first-order chi connectivity index (χ1) is 10.1. The van der Waals surface area contributed by atoms with Crippen molar-refractivity contribution < 1.29 is 14.5 Å². The molecule has 0 saturated carbocycles. The SMILES string of the molecule is CCOc1ccc(C(=O)NC2CCCNC2)cc1[N+](=O)[O-].Cl. The first-order valence-electron chi connectivity index (χ1n) is 7.04. The van der Waals surface area contributed by atoms with Gasteiger partial charge in [0.1, 0.15) is 0 Å². The molecule has 22 heavy (non-hydrogen) atoms. The molecule has 2 rings (SSSR count). The molecule has 1 amide bonds. The highest BCUT2D eigenvalue weighted by Crippen LogP contribution is 2.28. The van der Waals surface area contributed by atoms with Crippen LogP contribution >= 0.6 is 12.4 Å². The summed E-state index contributed by atoms with van der Waals surface area (Å²) in [6.45, 7) is 3.77. The first kappa shape index (κ1) is 18.2. The summed E-state index contributed by atoms with van der Waals surface area (Å²) in [5.41, 5.74) is 0.0852. The van der Waals surface area contributed by atoms with E-state index in [4.69, 9.17) is 4.74 Å². The van der Waals surface area contributed by atoms with Gasteiger partial charge >= 0.3 is 5.69 Å². The van der Waals surface area contributed by atoms with Crippen LogP contribution in [0.3, 0.4) is 0 Å². The Morgan fingerprint density at radius 3 is 2.91 bits per heavy atom. The zero-order valence-corrected chi connectivity index (χ0v) is 13.1.